The zero-order valence-corrected chi connectivity index (χ0v) is 13.9. The third-order valence-corrected chi connectivity index (χ3v) is 4.34. The lowest BCUT2D eigenvalue weighted by atomic mass is 9.97. The fraction of sp³-hybridized carbons (Fsp3) is 0.286. The van der Waals surface area contributed by atoms with Gasteiger partial charge in [-0.1, -0.05) is 29.8 Å². The van der Waals surface area contributed by atoms with Crippen molar-refractivity contribution in [2.45, 2.75) is 32.1 Å². The second-order valence-corrected chi connectivity index (χ2v) is 6.18. The van der Waals surface area contributed by atoms with Gasteiger partial charge in [-0.2, -0.15) is 0 Å². The Kier molecular flexibility index (Phi) is 5.67. The molecule has 2 N–H and O–H groups in total. The fourth-order valence-corrected chi connectivity index (χ4v) is 2.96. The molecule has 0 heterocycles. The minimum Gasteiger partial charge on any atom is -0.385 e. The van der Waals surface area contributed by atoms with Crippen LogP contribution in [-0.2, 0) is 0 Å². The minimum atomic E-state index is -0.0828. The summed E-state index contributed by atoms with van der Waals surface area (Å²) in [5, 5.41) is 6.37. The Hall–Kier alpha value is -2.55. The second kappa shape index (κ2) is 8.34. The van der Waals surface area contributed by atoms with Crippen molar-refractivity contribution in [2.75, 3.05) is 17.2 Å². The average Bonchev–Trinajstić information content (AvgIpc) is 2.65. The lowest BCUT2D eigenvalue weighted by Gasteiger charge is -2.13. The molecule has 1 aliphatic rings. The molecule has 124 valence electrons. The summed E-state index contributed by atoms with van der Waals surface area (Å²) < 4.78 is 0. The Morgan fingerprint density at radius 1 is 0.917 bits per heavy atom. The van der Waals surface area contributed by atoms with Crippen LogP contribution in [-0.4, -0.2) is 12.5 Å². The SMILES string of the molecule is O=C(Nc1ccc(NCCC2=CCCCC2)cc1)c1ccccc1. The first-order chi connectivity index (χ1) is 11.8. The summed E-state index contributed by atoms with van der Waals surface area (Å²) >= 11 is 0. The Morgan fingerprint density at radius 2 is 1.67 bits per heavy atom. The monoisotopic (exact) mass is 320 g/mol. The second-order valence-electron chi connectivity index (χ2n) is 6.18. The van der Waals surface area contributed by atoms with Crippen LogP contribution < -0.4 is 10.6 Å². The fourth-order valence-electron chi connectivity index (χ4n) is 2.96. The van der Waals surface area contributed by atoms with E-state index < -0.39 is 0 Å². The van der Waals surface area contributed by atoms with Crippen molar-refractivity contribution in [3.63, 3.8) is 0 Å². The third-order valence-electron chi connectivity index (χ3n) is 4.34. The van der Waals surface area contributed by atoms with Crippen molar-refractivity contribution >= 4 is 17.3 Å². The number of anilines is 2. The zero-order chi connectivity index (χ0) is 16.6. The smallest absolute Gasteiger partial charge is 0.255 e. The van der Waals surface area contributed by atoms with Crippen LogP contribution >= 0.6 is 0 Å². The van der Waals surface area contributed by atoms with Crippen LogP contribution in [0.2, 0.25) is 0 Å². The number of hydrogen-bond donors (Lipinski definition) is 2. The molecule has 2 aromatic rings. The molecule has 0 atom stereocenters. The highest BCUT2D eigenvalue weighted by atomic mass is 16.1. The molecule has 0 aromatic heterocycles. The summed E-state index contributed by atoms with van der Waals surface area (Å²) in [7, 11) is 0. The Balaban J connectivity index is 1.48. The van der Waals surface area contributed by atoms with E-state index in [2.05, 4.69) is 16.7 Å². The van der Waals surface area contributed by atoms with E-state index in [1.807, 2.05) is 54.6 Å². The van der Waals surface area contributed by atoms with Crippen molar-refractivity contribution in [3.8, 4) is 0 Å². The van der Waals surface area contributed by atoms with Crippen LogP contribution in [0.3, 0.4) is 0 Å². The molecule has 0 aliphatic heterocycles. The lowest BCUT2D eigenvalue weighted by Crippen LogP contribution is -2.11. The number of hydrogen-bond acceptors (Lipinski definition) is 2. The predicted molar refractivity (Wildman–Crippen MR) is 100 cm³/mol. The summed E-state index contributed by atoms with van der Waals surface area (Å²) in [4.78, 5) is 12.1. The molecular formula is C21H24N2O. The van der Waals surface area contributed by atoms with Crippen LogP contribution in [0, 0.1) is 0 Å². The van der Waals surface area contributed by atoms with E-state index in [1.54, 1.807) is 5.57 Å². The van der Waals surface area contributed by atoms with Gasteiger partial charge >= 0.3 is 0 Å². The molecule has 1 aliphatic carbocycles. The first kappa shape index (κ1) is 16.3. The molecule has 2 aromatic carbocycles. The van der Waals surface area contributed by atoms with Crippen molar-refractivity contribution in [3.05, 3.63) is 71.8 Å². The number of amides is 1. The van der Waals surface area contributed by atoms with Gasteiger partial charge in [-0.25, -0.2) is 0 Å². The van der Waals surface area contributed by atoms with Gasteiger partial charge in [0, 0.05) is 23.5 Å². The van der Waals surface area contributed by atoms with E-state index in [0.717, 1.165) is 24.3 Å². The van der Waals surface area contributed by atoms with E-state index in [-0.39, 0.29) is 5.91 Å². The largest absolute Gasteiger partial charge is 0.385 e. The molecule has 3 nitrogen and oxygen atoms in total. The van der Waals surface area contributed by atoms with Gasteiger partial charge < -0.3 is 10.6 Å². The Morgan fingerprint density at radius 3 is 2.38 bits per heavy atom. The van der Waals surface area contributed by atoms with Crippen LogP contribution in [0.1, 0.15) is 42.5 Å². The van der Waals surface area contributed by atoms with Gasteiger partial charge in [0.15, 0.2) is 0 Å². The summed E-state index contributed by atoms with van der Waals surface area (Å²) in [6, 6.07) is 17.1. The molecule has 0 radical (unpaired) electrons. The third kappa shape index (κ3) is 4.72. The van der Waals surface area contributed by atoms with Crippen LogP contribution in [0.5, 0.6) is 0 Å². The highest BCUT2D eigenvalue weighted by molar-refractivity contribution is 6.04. The molecule has 0 spiro atoms. The predicted octanol–water partition coefficient (Wildman–Crippen LogP) is 5.24. The topological polar surface area (TPSA) is 41.1 Å². The van der Waals surface area contributed by atoms with Gasteiger partial charge in [-0.3, -0.25) is 4.79 Å². The molecular weight excluding hydrogens is 296 g/mol. The average molecular weight is 320 g/mol. The first-order valence-electron chi connectivity index (χ1n) is 8.69. The summed E-state index contributed by atoms with van der Waals surface area (Å²) in [5.41, 5.74) is 4.15. The number of benzene rings is 2. The van der Waals surface area contributed by atoms with Gasteiger partial charge in [0.1, 0.15) is 0 Å². The highest BCUT2D eigenvalue weighted by Crippen LogP contribution is 2.20. The molecule has 24 heavy (non-hydrogen) atoms. The normalized spacial score (nSPS) is 13.9. The maximum atomic E-state index is 12.1. The molecule has 0 unspecified atom stereocenters. The quantitative estimate of drug-likeness (QED) is 0.715. The maximum absolute atomic E-state index is 12.1. The lowest BCUT2D eigenvalue weighted by molar-refractivity contribution is 0.102. The number of rotatable bonds is 6. The summed E-state index contributed by atoms with van der Waals surface area (Å²) in [6.45, 7) is 0.960. The maximum Gasteiger partial charge on any atom is 0.255 e. The van der Waals surface area contributed by atoms with Gasteiger partial charge in [-0.05, 0) is 68.5 Å². The molecule has 3 heteroatoms. The van der Waals surface area contributed by atoms with Crippen molar-refractivity contribution in [1.29, 1.82) is 0 Å². The van der Waals surface area contributed by atoms with Gasteiger partial charge in [0.05, 0.1) is 0 Å². The Bertz CT molecular complexity index is 690. The van der Waals surface area contributed by atoms with Crippen LogP contribution in [0.15, 0.2) is 66.2 Å². The number of allylic oxidation sites excluding steroid dienone is 1. The van der Waals surface area contributed by atoms with Crippen LogP contribution in [0.25, 0.3) is 0 Å². The number of carbonyl (C=O) groups is 1. The van der Waals surface area contributed by atoms with E-state index in [1.165, 1.54) is 25.7 Å². The molecule has 0 saturated heterocycles. The molecule has 0 fully saturated rings. The van der Waals surface area contributed by atoms with Crippen molar-refractivity contribution in [2.24, 2.45) is 0 Å². The molecule has 1 amide bonds. The van der Waals surface area contributed by atoms with E-state index >= 15 is 0 Å². The van der Waals surface area contributed by atoms with E-state index in [0.29, 0.717) is 5.56 Å². The van der Waals surface area contributed by atoms with E-state index in [9.17, 15) is 4.79 Å². The molecule has 0 bridgehead atoms. The first-order valence-corrected chi connectivity index (χ1v) is 8.69. The van der Waals surface area contributed by atoms with E-state index in [4.69, 9.17) is 0 Å². The summed E-state index contributed by atoms with van der Waals surface area (Å²) in [5.74, 6) is -0.0828. The standard InChI is InChI=1S/C21H24N2O/c24-21(18-9-5-2-6-10-18)23-20-13-11-19(12-14-20)22-16-15-17-7-3-1-4-8-17/h2,5-7,9-14,22H,1,3-4,8,15-16H2,(H,23,24). The number of nitrogens with one attached hydrogen (secondary N) is 2. The van der Waals surface area contributed by atoms with Gasteiger partial charge in [-0.15, -0.1) is 0 Å². The minimum absolute atomic E-state index is 0.0828. The van der Waals surface area contributed by atoms with Gasteiger partial charge in [0.25, 0.3) is 5.91 Å². The molecule has 3 rings (SSSR count). The van der Waals surface area contributed by atoms with Crippen molar-refractivity contribution < 1.29 is 4.79 Å². The summed E-state index contributed by atoms with van der Waals surface area (Å²) in [6.07, 6.45) is 8.69. The highest BCUT2D eigenvalue weighted by Gasteiger charge is 2.05. The van der Waals surface area contributed by atoms with Gasteiger partial charge in [0.2, 0.25) is 0 Å². The van der Waals surface area contributed by atoms with Crippen molar-refractivity contribution in [1.82, 2.24) is 0 Å². The zero-order valence-electron chi connectivity index (χ0n) is 13.9. The Labute approximate surface area is 143 Å². The van der Waals surface area contributed by atoms with Crippen LogP contribution in [0.4, 0.5) is 11.4 Å². The molecule has 0 saturated carbocycles. The number of carbonyl (C=O) groups excluding carboxylic acids is 1.